The molecule has 1 aromatic heterocycles. The number of aryl methyl sites for hydroxylation is 3. The van der Waals surface area contributed by atoms with Gasteiger partial charge in [-0.2, -0.15) is 0 Å². The third kappa shape index (κ3) is 4.78. The van der Waals surface area contributed by atoms with Gasteiger partial charge in [0.2, 0.25) is 0 Å². The number of likely N-dealkylation sites (tertiary alicyclic amines) is 1. The summed E-state index contributed by atoms with van der Waals surface area (Å²) in [7, 11) is 0. The molecular weight excluding hydrogens is 424 g/mol. The zero-order valence-corrected chi connectivity index (χ0v) is 21.6. The van der Waals surface area contributed by atoms with Gasteiger partial charge in [-0.15, -0.1) is 0 Å². The van der Waals surface area contributed by atoms with E-state index >= 15 is 0 Å². The Balaban J connectivity index is 1.55. The fourth-order valence-corrected chi connectivity index (χ4v) is 5.88. The average Bonchev–Trinajstić information content (AvgIpc) is 3.27. The number of aromatic nitrogens is 1. The molecule has 2 aliphatic heterocycles. The van der Waals surface area contributed by atoms with Gasteiger partial charge in [0.15, 0.2) is 5.43 Å². The van der Waals surface area contributed by atoms with Gasteiger partial charge < -0.3 is 14.4 Å². The second kappa shape index (κ2) is 10.3. The maximum Gasteiger partial charge on any atom is 0.259 e. The van der Waals surface area contributed by atoms with Crippen LogP contribution >= 0.6 is 0 Å². The van der Waals surface area contributed by atoms with Crippen molar-refractivity contribution < 1.29 is 4.79 Å². The fourth-order valence-electron chi connectivity index (χ4n) is 5.88. The molecule has 2 aromatic rings. The minimum absolute atomic E-state index is 0.102. The number of amides is 1. The number of likely N-dealkylation sites (N-methyl/N-ethyl adjacent to an activating group) is 1. The number of pyridine rings is 1. The lowest BCUT2D eigenvalue weighted by atomic mass is 10.1. The zero-order valence-electron chi connectivity index (χ0n) is 21.6. The van der Waals surface area contributed by atoms with Crippen LogP contribution in [0.1, 0.15) is 59.6 Å². The van der Waals surface area contributed by atoms with Crippen LogP contribution in [0.5, 0.6) is 0 Å². The predicted octanol–water partition coefficient (Wildman–Crippen LogP) is 3.78. The zero-order chi connectivity index (χ0) is 24.4. The predicted molar refractivity (Wildman–Crippen MR) is 139 cm³/mol. The highest BCUT2D eigenvalue weighted by molar-refractivity contribution is 5.95. The summed E-state index contributed by atoms with van der Waals surface area (Å²) in [5.41, 5.74) is 5.87. The number of hydrogen-bond donors (Lipinski definition) is 0. The molecule has 2 aliphatic rings. The van der Waals surface area contributed by atoms with Gasteiger partial charge in [0.05, 0.1) is 0 Å². The van der Waals surface area contributed by atoms with Crippen molar-refractivity contribution in [3.63, 3.8) is 0 Å². The van der Waals surface area contributed by atoms with Crippen LogP contribution in [0.3, 0.4) is 0 Å². The summed E-state index contributed by atoms with van der Waals surface area (Å²) in [4.78, 5) is 33.5. The van der Waals surface area contributed by atoms with E-state index in [2.05, 4.69) is 60.3 Å². The van der Waals surface area contributed by atoms with Gasteiger partial charge in [-0.05, 0) is 64.8 Å². The van der Waals surface area contributed by atoms with Crippen LogP contribution in [0, 0.1) is 20.8 Å². The number of piperazine rings is 1. The first-order chi connectivity index (χ1) is 16.3. The van der Waals surface area contributed by atoms with Gasteiger partial charge in [0.1, 0.15) is 5.56 Å². The molecule has 2 fully saturated rings. The van der Waals surface area contributed by atoms with Crippen LogP contribution in [-0.2, 0) is 13.0 Å². The molecule has 1 amide bonds. The summed E-state index contributed by atoms with van der Waals surface area (Å²) in [5.74, 6) is -0.102. The molecule has 1 atom stereocenters. The normalized spacial score (nSPS) is 19.1. The van der Waals surface area contributed by atoms with E-state index in [1.54, 1.807) is 6.07 Å². The van der Waals surface area contributed by atoms with Gasteiger partial charge in [-0.3, -0.25) is 14.5 Å². The van der Waals surface area contributed by atoms with Crippen LogP contribution in [-0.4, -0.2) is 65.6 Å². The lowest BCUT2D eigenvalue weighted by Crippen LogP contribution is -2.50. The number of carbonyl (C=O) groups excluding carboxylic acids is 1. The molecule has 0 bridgehead atoms. The highest BCUT2D eigenvalue weighted by Gasteiger charge is 2.29. The Morgan fingerprint density at radius 3 is 2.38 bits per heavy atom. The molecule has 6 nitrogen and oxygen atoms in total. The Morgan fingerprint density at radius 2 is 1.74 bits per heavy atom. The molecule has 0 radical (unpaired) electrons. The largest absolute Gasteiger partial charge is 0.368 e. The Kier molecular flexibility index (Phi) is 7.46. The van der Waals surface area contributed by atoms with Crippen LogP contribution in [0.15, 0.2) is 29.1 Å². The summed E-state index contributed by atoms with van der Waals surface area (Å²) in [6, 6.07) is 8.67. The third-order valence-corrected chi connectivity index (χ3v) is 7.73. The molecule has 3 heterocycles. The molecule has 34 heavy (non-hydrogen) atoms. The average molecular weight is 465 g/mol. The third-order valence-electron chi connectivity index (χ3n) is 7.73. The molecule has 0 saturated carbocycles. The summed E-state index contributed by atoms with van der Waals surface area (Å²) < 4.78 is 2.25. The summed E-state index contributed by atoms with van der Waals surface area (Å²) in [5, 5.41) is 0. The van der Waals surface area contributed by atoms with Crippen molar-refractivity contribution in [1.82, 2.24) is 14.4 Å². The van der Waals surface area contributed by atoms with Crippen molar-refractivity contribution >= 4 is 11.6 Å². The van der Waals surface area contributed by atoms with Crippen molar-refractivity contribution in [2.45, 2.75) is 66.5 Å². The van der Waals surface area contributed by atoms with E-state index in [4.69, 9.17) is 0 Å². The maximum atomic E-state index is 13.7. The van der Waals surface area contributed by atoms with E-state index in [1.807, 2.05) is 11.8 Å². The number of benzene rings is 1. The number of nitrogens with zero attached hydrogens (tertiary/aromatic N) is 4. The van der Waals surface area contributed by atoms with Crippen molar-refractivity contribution in [1.29, 1.82) is 0 Å². The van der Waals surface area contributed by atoms with Crippen LogP contribution in [0.25, 0.3) is 0 Å². The van der Waals surface area contributed by atoms with Crippen molar-refractivity contribution in [3.8, 4) is 0 Å². The molecule has 1 unspecified atom stereocenters. The highest BCUT2D eigenvalue weighted by atomic mass is 16.2. The molecule has 4 rings (SSSR count). The lowest BCUT2D eigenvalue weighted by molar-refractivity contribution is 0.0743. The van der Waals surface area contributed by atoms with E-state index in [0.717, 1.165) is 44.1 Å². The number of carbonyl (C=O) groups is 1. The number of rotatable bonds is 6. The Hall–Kier alpha value is -2.60. The van der Waals surface area contributed by atoms with Gasteiger partial charge >= 0.3 is 0 Å². The summed E-state index contributed by atoms with van der Waals surface area (Å²) in [6.07, 6.45) is 3.07. The first-order valence-electron chi connectivity index (χ1n) is 12.9. The Bertz CT molecular complexity index is 1100. The van der Waals surface area contributed by atoms with Gasteiger partial charge in [0, 0.05) is 61.9 Å². The highest BCUT2D eigenvalue weighted by Crippen LogP contribution is 2.24. The van der Waals surface area contributed by atoms with E-state index in [0.29, 0.717) is 31.1 Å². The SMILES string of the molecule is CCc1c(C(=O)N2CCN(c3ccc(C)cc3C)CC2)c(=O)cc(C)n1CC1CCCN1CC. The van der Waals surface area contributed by atoms with E-state index in [-0.39, 0.29) is 11.3 Å². The van der Waals surface area contributed by atoms with Crippen LogP contribution in [0.4, 0.5) is 5.69 Å². The second-order valence-electron chi connectivity index (χ2n) is 9.93. The lowest BCUT2D eigenvalue weighted by Gasteiger charge is -2.37. The van der Waals surface area contributed by atoms with Gasteiger partial charge in [-0.25, -0.2) is 0 Å². The van der Waals surface area contributed by atoms with Gasteiger partial charge in [-0.1, -0.05) is 31.5 Å². The smallest absolute Gasteiger partial charge is 0.259 e. The van der Waals surface area contributed by atoms with Crippen molar-refractivity contribution in [2.24, 2.45) is 0 Å². The first-order valence-corrected chi connectivity index (χ1v) is 12.9. The monoisotopic (exact) mass is 464 g/mol. The number of anilines is 1. The van der Waals surface area contributed by atoms with Gasteiger partial charge in [0.25, 0.3) is 5.91 Å². The van der Waals surface area contributed by atoms with E-state index in [9.17, 15) is 9.59 Å². The number of hydrogen-bond acceptors (Lipinski definition) is 4. The van der Waals surface area contributed by atoms with Crippen LogP contribution in [0.2, 0.25) is 0 Å². The quantitative estimate of drug-likeness (QED) is 0.653. The Labute approximate surface area is 204 Å². The standard InChI is InChI=1S/C28H40N4O2/c1-6-24-27(26(33)18-22(5)32(24)19-23-9-8-12-29(23)7-2)28(34)31-15-13-30(14-16-31)25-11-10-20(3)17-21(25)4/h10-11,17-18,23H,6-9,12-16,19H2,1-5H3. The molecule has 2 saturated heterocycles. The summed E-state index contributed by atoms with van der Waals surface area (Å²) >= 11 is 0. The fraction of sp³-hybridized carbons (Fsp3) is 0.571. The Morgan fingerprint density at radius 1 is 1.00 bits per heavy atom. The molecular formula is C28H40N4O2. The first kappa shape index (κ1) is 24.5. The molecule has 6 heteroatoms. The molecule has 0 N–H and O–H groups in total. The molecule has 184 valence electrons. The molecule has 0 spiro atoms. The molecule has 1 aromatic carbocycles. The molecule has 0 aliphatic carbocycles. The topological polar surface area (TPSA) is 48.8 Å². The van der Waals surface area contributed by atoms with Crippen molar-refractivity contribution in [3.05, 3.63) is 62.6 Å². The minimum Gasteiger partial charge on any atom is -0.368 e. The second-order valence-corrected chi connectivity index (χ2v) is 9.93. The van der Waals surface area contributed by atoms with Crippen molar-refractivity contribution in [2.75, 3.05) is 44.2 Å². The maximum absolute atomic E-state index is 13.7. The van der Waals surface area contributed by atoms with E-state index < -0.39 is 0 Å². The summed E-state index contributed by atoms with van der Waals surface area (Å²) in [6.45, 7) is 16.4. The van der Waals surface area contributed by atoms with E-state index in [1.165, 1.54) is 29.7 Å². The minimum atomic E-state index is -0.133. The van der Waals surface area contributed by atoms with Crippen LogP contribution < -0.4 is 10.3 Å².